The molecule has 1 aromatic heterocycles. The van der Waals surface area contributed by atoms with E-state index in [1.54, 1.807) is 0 Å². The fourth-order valence-corrected chi connectivity index (χ4v) is 5.98. The van der Waals surface area contributed by atoms with Crippen LogP contribution in [0.4, 0.5) is 0 Å². The molecule has 1 saturated carbocycles. The van der Waals surface area contributed by atoms with Crippen molar-refractivity contribution >= 4 is 15.7 Å². The number of nitrogens with zero attached hydrogens (tertiary/aromatic N) is 3. The van der Waals surface area contributed by atoms with Gasteiger partial charge in [-0.2, -0.15) is 5.10 Å². The molecule has 2 unspecified atom stereocenters. The Morgan fingerprint density at radius 3 is 2.63 bits per heavy atom. The average molecular weight is 395 g/mol. The lowest BCUT2D eigenvalue weighted by Crippen LogP contribution is -2.44. The highest BCUT2D eigenvalue weighted by Gasteiger charge is 2.36. The molecule has 4 rings (SSSR count). The van der Waals surface area contributed by atoms with Crippen LogP contribution in [0.15, 0.2) is 6.07 Å². The van der Waals surface area contributed by atoms with E-state index in [9.17, 15) is 13.2 Å². The maximum atomic E-state index is 12.7. The van der Waals surface area contributed by atoms with Crippen molar-refractivity contribution in [2.24, 2.45) is 0 Å². The van der Waals surface area contributed by atoms with E-state index in [0.717, 1.165) is 31.6 Å². The number of carbonyl (C=O) groups excluding carboxylic acids is 1. The number of likely N-dealkylation sites (tertiary alicyclic amines) is 1. The van der Waals surface area contributed by atoms with Gasteiger partial charge in [-0.05, 0) is 58.2 Å². The molecule has 0 bridgehead atoms. The lowest BCUT2D eigenvalue weighted by atomic mass is 10.1. The molecule has 7 nitrogen and oxygen atoms in total. The second-order valence-electron chi connectivity index (χ2n) is 8.39. The second-order valence-corrected chi connectivity index (χ2v) is 10.6. The van der Waals surface area contributed by atoms with E-state index in [1.165, 1.54) is 19.3 Å². The largest absolute Gasteiger partial charge is 0.349 e. The molecule has 2 atom stereocenters. The van der Waals surface area contributed by atoms with E-state index in [-0.39, 0.29) is 23.5 Å². The van der Waals surface area contributed by atoms with Gasteiger partial charge < -0.3 is 5.32 Å². The number of amides is 1. The molecule has 2 aliphatic heterocycles. The van der Waals surface area contributed by atoms with Crippen molar-refractivity contribution in [3.8, 4) is 0 Å². The van der Waals surface area contributed by atoms with Gasteiger partial charge in [0.05, 0.1) is 17.5 Å². The number of rotatable bonds is 6. The number of nitrogens with one attached hydrogen (secondary N) is 1. The summed E-state index contributed by atoms with van der Waals surface area (Å²) in [5.74, 6) is 0.632. The molecule has 3 fully saturated rings. The third kappa shape index (κ3) is 4.37. The number of carbonyl (C=O) groups is 1. The van der Waals surface area contributed by atoms with Crippen LogP contribution < -0.4 is 5.32 Å². The minimum Gasteiger partial charge on any atom is -0.349 e. The van der Waals surface area contributed by atoms with Gasteiger partial charge in [0.2, 0.25) is 0 Å². The minimum absolute atomic E-state index is 0.126. The zero-order valence-electron chi connectivity index (χ0n) is 16.1. The SMILES string of the molecule is CC(CNC(=O)c1cc(C2CC2)n(C2CCS(=O)(=O)C2)n1)N1CCCCC1. The van der Waals surface area contributed by atoms with Crippen LogP contribution in [0, 0.1) is 0 Å². The van der Waals surface area contributed by atoms with E-state index in [0.29, 0.717) is 30.6 Å². The average Bonchev–Trinajstić information content (AvgIpc) is 3.31. The predicted octanol–water partition coefficient (Wildman–Crippen LogP) is 1.72. The van der Waals surface area contributed by atoms with Crippen LogP contribution in [-0.4, -0.2) is 66.2 Å². The number of hydrogen-bond donors (Lipinski definition) is 1. The minimum atomic E-state index is -2.98. The summed E-state index contributed by atoms with van der Waals surface area (Å²) in [6.45, 7) is 4.98. The molecule has 0 radical (unpaired) electrons. The van der Waals surface area contributed by atoms with Gasteiger partial charge in [0.15, 0.2) is 9.84 Å². The highest BCUT2D eigenvalue weighted by atomic mass is 32.2. The van der Waals surface area contributed by atoms with Crippen molar-refractivity contribution in [2.75, 3.05) is 31.1 Å². The molecule has 1 aromatic rings. The van der Waals surface area contributed by atoms with Crippen LogP contribution in [0.5, 0.6) is 0 Å². The van der Waals surface area contributed by atoms with E-state index in [2.05, 4.69) is 22.2 Å². The van der Waals surface area contributed by atoms with Crippen LogP contribution in [0.1, 0.15) is 73.6 Å². The number of piperidine rings is 1. The molecule has 3 aliphatic rings. The van der Waals surface area contributed by atoms with E-state index >= 15 is 0 Å². The highest BCUT2D eigenvalue weighted by Crippen LogP contribution is 2.42. The summed E-state index contributed by atoms with van der Waals surface area (Å²) >= 11 is 0. The van der Waals surface area contributed by atoms with Crippen LogP contribution in [0.3, 0.4) is 0 Å². The molecule has 0 spiro atoms. The maximum absolute atomic E-state index is 12.7. The first-order valence-electron chi connectivity index (χ1n) is 10.2. The fourth-order valence-electron chi connectivity index (χ4n) is 4.28. The van der Waals surface area contributed by atoms with Crippen molar-refractivity contribution in [2.45, 2.75) is 63.5 Å². The molecular formula is C19H30N4O3S. The molecule has 150 valence electrons. The quantitative estimate of drug-likeness (QED) is 0.794. The molecule has 1 N–H and O–H groups in total. The first-order chi connectivity index (χ1) is 12.9. The lowest BCUT2D eigenvalue weighted by Gasteiger charge is -2.32. The fraction of sp³-hybridized carbons (Fsp3) is 0.789. The van der Waals surface area contributed by atoms with Gasteiger partial charge in [0, 0.05) is 24.2 Å². The Bertz CT molecular complexity index is 794. The molecule has 2 saturated heterocycles. The molecule has 3 heterocycles. The van der Waals surface area contributed by atoms with Crippen molar-refractivity contribution in [3.05, 3.63) is 17.5 Å². The van der Waals surface area contributed by atoms with Gasteiger partial charge in [-0.3, -0.25) is 14.4 Å². The summed E-state index contributed by atoms with van der Waals surface area (Å²) in [6.07, 6.45) is 6.55. The maximum Gasteiger partial charge on any atom is 0.271 e. The van der Waals surface area contributed by atoms with Crippen LogP contribution in [0.2, 0.25) is 0 Å². The normalized spacial score (nSPS) is 26.8. The monoisotopic (exact) mass is 394 g/mol. The second kappa shape index (κ2) is 7.54. The number of sulfone groups is 1. The van der Waals surface area contributed by atoms with Crippen molar-refractivity contribution in [1.29, 1.82) is 0 Å². The standard InChI is InChI=1S/C19H30N4O3S/c1-14(22-8-3-2-4-9-22)12-20-19(24)17-11-18(15-5-6-15)23(21-17)16-7-10-27(25,26)13-16/h11,14-16H,2-10,12-13H2,1H3,(H,20,24). The smallest absolute Gasteiger partial charge is 0.271 e. The van der Waals surface area contributed by atoms with Gasteiger partial charge in [-0.15, -0.1) is 0 Å². The number of hydrogen-bond acceptors (Lipinski definition) is 5. The van der Waals surface area contributed by atoms with Gasteiger partial charge in [-0.1, -0.05) is 6.42 Å². The topological polar surface area (TPSA) is 84.3 Å². The van der Waals surface area contributed by atoms with Gasteiger partial charge in [0.1, 0.15) is 5.69 Å². The zero-order valence-corrected chi connectivity index (χ0v) is 16.9. The van der Waals surface area contributed by atoms with Crippen LogP contribution >= 0.6 is 0 Å². The summed E-state index contributed by atoms with van der Waals surface area (Å²) in [5.41, 5.74) is 1.46. The lowest BCUT2D eigenvalue weighted by molar-refractivity contribution is 0.0924. The molecule has 1 amide bonds. The molecule has 1 aliphatic carbocycles. The predicted molar refractivity (Wildman–Crippen MR) is 104 cm³/mol. The van der Waals surface area contributed by atoms with Crippen LogP contribution in [-0.2, 0) is 9.84 Å². The first kappa shape index (κ1) is 18.9. The Morgan fingerprint density at radius 2 is 2.00 bits per heavy atom. The van der Waals surface area contributed by atoms with Crippen molar-refractivity contribution in [1.82, 2.24) is 20.0 Å². The van der Waals surface area contributed by atoms with Gasteiger partial charge >= 0.3 is 0 Å². The Morgan fingerprint density at radius 1 is 1.26 bits per heavy atom. The Balaban J connectivity index is 1.42. The van der Waals surface area contributed by atoms with Gasteiger partial charge in [0.25, 0.3) is 5.91 Å². The summed E-state index contributed by atoms with van der Waals surface area (Å²) < 4.78 is 25.5. The molecule has 8 heteroatoms. The van der Waals surface area contributed by atoms with E-state index in [1.807, 2.05) is 10.7 Å². The summed E-state index contributed by atoms with van der Waals surface area (Å²) in [5, 5.41) is 7.56. The Labute approximate surface area is 161 Å². The summed E-state index contributed by atoms with van der Waals surface area (Å²) in [4.78, 5) is 15.1. The summed E-state index contributed by atoms with van der Waals surface area (Å²) in [6, 6.07) is 2.07. The zero-order chi connectivity index (χ0) is 19.0. The van der Waals surface area contributed by atoms with Gasteiger partial charge in [-0.25, -0.2) is 8.42 Å². The Kier molecular flexibility index (Phi) is 5.29. The van der Waals surface area contributed by atoms with E-state index < -0.39 is 9.84 Å². The Hall–Kier alpha value is -1.41. The molecule has 0 aromatic carbocycles. The van der Waals surface area contributed by atoms with E-state index in [4.69, 9.17) is 0 Å². The third-order valence-electron chi connectivity index (χ3n) is 6.12. The molecule has 27 heavy (non-hydrogen) atoms. The molecular weight excluding hydrogens is 364 g/mol. The highest BCUT2D eigenvalue weighted by molar-refractivity contribution is 7.91. The number of aromatic nitrogens is 2. The first-order valence-corrected chi connectivity index (χ1v) is 12.1. The van der Waals surface area contributed by atoms with Crippen molar-refractivity contribution < 1.29 is 13.2 Å². The third-order valence-corrected chi connectivity index (χ3v) is 7.87. The van der Waals surface area contributed by atoms with Crippen LogP contribution in [0.25, 0.3) is 0 Å². The summed E-state index contributed by atoms with van der Waals surface area (Å²) in [7, 11) is -2.98. The van der Waals surface area contributed by atoms with Crippen molar-refractivity contribution in [3.63, 3.8) is 0 Å².